The predicted molar refractivity (Wildman–Crippen MR) is 51.2 cm³/mol. The largest absolute Gasteiger partial charge is 0.206 e. The van der Waals surface area contributed by atoms with E-state index < -0.39 is 0 Å². The van der Waals surface area contributed by atoms with E-state index in [4.69, 9.17) is 0 Å². The van der Waals surface area contributed by atoms with Crippen LogP contribution in [0.25, 0.3) is 0 Å². The summed E-state index contributed by atoms with van der Waals surface area (Å²) in [7, 11) is 0. The highest BCUT2D eigenvalue weighted by Crippen LogP contribution is 2.27. The number of benzene rings is 1. The Hall–Kier alpha value is 0.110. The van der Waals surface area contributed by atoms with Crippen molar-refractivity contribution in [1.29, 1.82) is 0 Å². The van der Waals surface area contributed by atoms with Crippen LogP contribution >= 0.6 is 31.9 Å². The summed E-state index contributed by atoms with van der Waals surface area (Å²) >= 11 is 6.53. The van der Waals surface area contributed by atoms with Crippen molar-refractivity contribution in [3.8, 4) is 0 Å². The molecule has 1 aromatic rings. The zero-order valence-electron chi connectivity index (χ0n) is 6.00. The van der Waals surface area contributed by atoms with Gasteiger partial charge in [-0.05, 0) is 40.0 Å². The number of halogens is 3. The Morgan fingerprint density at radius 1 is 1.36 bits per heavy atom. The van der Waals surface area contributed by atoms with Crippen molar-refractivity contribution in [3.63, 3.8) is 0 Å². The minimum Gasteiger partial charge on any atom is -0.206 e. The molecule has 1 rings (SSSR count). The van der Waals surface area contributed by atoms with Crippen LogP contribution in [0.2, 0.25) is 0 Å². The molecule has 0 aliphatic rings. The molecule has 0 bridgehead atoms. The maximum Gasteiger partial charge on any atom is 0.137 e. The zero-order valence-corrected chi connectivity index (χ0v) is 9.17. The zero-order chi connectivity index (χ0) is 8.43. The highest BCUT2D eigenvalue weighted by molar-refractivity contribution is 9.11. The fraction of sp³-hybridized carbons (Fsp3) is 0.250. The van der Waals surface area contributed by atoms with Gasteiger partial charge in [0.05, 0.1) is 4.47 Å². The molecule has 0 aliphatic heterocycles. The second-order valence-corrected chi connectivity index (χ2v) is 3.82. The van der Waals surface area contributed by atoms with Gasteiger partial charge in [-0.2, -0.15) is 0 Å². The molecule has 0 saturated heterocycles. The van der Waals surface area contributed by atoms with E-state index in [1.165, 1.54) is 6.07 Å². The van der Waals surface area contributed by atoms with Crippen LogP contribution in [0, 0.1) is 5.82 Å². The van der Waals surface area contributed by atoms with Crippen LogP contribution in [0.15, 0.2) is 21.1 Å². The number of hydrogen-bond acceptors (Lipinski definition) is 0. The van der Waals surface area contributed by atoms with Gasteiger partial charge in [0.25, 0.3) is 0 Å². The van der Waals surface area contributed by atoms with E-state index in [0.29, 0.717) is 4.47 Å². The Bertz CT molecular complexity index is 271. The number of hydrogen-bond donors (Lipinski definition) is 0. The lowest BCUT2D eigenvalue weighted by Gasteiger charge is -2.04. The van der Waals surface area contributed by atoms with Gasteiger partial charge in [-0.1, -0.05) is 22.9 Å². The van der Waals surface area contributed by atoms with Crippen LogP contribution in [-0.2, 0) is 6.42 Å². The summed E-state index contributed by atoms with van der Waals surface area (Å²) in [6, 6.07) is 3.16. The first-order valence-electron chi connectivity index (χ1n) is 3.29. The Labute approximate surface area is 82.1 Å². The van der Waals surface area contributed by atoms with Gasteiger partial charge in [-0.3, -0.25) is 0 Å². The smallest absolute Gasteiger partial charge is 0.137 e. The minimum absolute atomic E-state index is 0.204. The topological polar surface area (TPSA) is 0 Å². The van der Waals surface area contributed by atoms with E-state index in [1.54, 1.807) is 6.07 Å². The molecule has 0 fully saturated rings. The molecule has 0 heterocycles. The lowest BCUT2D eigenvalue weighted by molar-refractivity contribution is 0.618. The third-order valence-electron chi connectivity index (χ3n) is 1.49. The highest BCUT2D eigenvalue weighted by Gasteiger charge is 2.06. The summed E-state index contributed by atoms with van der Waals surface area (Å²) in [5.41, 5.74) is 0.977. The standard InChI is InChI=1S/C8H7Br2F/c1-2-5-6(9)3-4-7(11)8(5)10/h3-4H,2H2,1H3. The van der Waals surface area contributed by atoms with Gasteiger partial charge in [0.2, 0.25) is 0 Å². The average Bonchev–Trinajstić information content (AvgIpc) is 1.99. The normalized spacial score (nSPS) is 10.2. The molecule has 3 heteroatoms. The van der Waals surface area contributed by atoms with Gasteiger partial charge < -0.3 is 0 Å². The van der Waals surface area contributed by atoms with E-state index in [2.05, 4.69) is 31.9 Å². The van der Waals surface area contributed by atoms with Crippen LogP contribution < -0.4 is 0 Å². The Morgan fingerprint density at radius 2 is 2.00 bits per heavy atom. The van der Waals surface area contributed by atoms with Gasteiger partial charge in [0, 0.05) is 4.47 Å². The molecule has 0 radical (unpaired) electrons. The van der Waals surface area contributed by atoms with Crippen LogP contribution in [0.4, 0.5) is 4.39 Å². The second kappa shape index (κ2) is 3.68. The van der Waals surface area contributed by atoms with Crippen molar-refractivity contribution >= 4 is 31.9 Å². The van der Waals surface area contributed by atoms with Crippen molar-refractivity contribution in [3.05, 3.63) is 32.5 Å². The molecule has 11 heavy (non-hydrogen) atoms. The molecule has 0 nitrogen and oxygen atoms in total. The lowest BCUT2D eigenvalue weighted by atomic mass is 10.2. The minimum atomic E-state index is -0.204. The molecule has 0 saturated carbocycles. The lowest BCUT2D eigenvalue weighted by Crippen LogP contribution is -1.88. The monoisotopic (exact) mass is 280 g/mol. The fourth-order valence-electron chi connectivity index (χ4n) is 0.893. The molecular formula is C8H7Br2F. The molecule has 1 aromatic carbocycles. The molecule has 0 atom stereocenters. The van der Waals surface area contributed by atoms with Crippen molar-refractivity contribution in [2.75, 3.05) is 0 Å². The maximum absolute atomic E-state index is 12.9. The average molecular weight is 282 g/mol. The SMILES string of the molecule is CCc1c(Br)ccc(F)c1Br. The van der Waals surface area contributed by atoms with Gasteiger partial charge in [0.15, 0.2) is 0 Å². The van der Waals surface area contributed by atoms with Crippen LogP contribution in [0.5, 0.6) is 0 Å². The van der Waals surface area contributed by atoms with E-state index >= 15 is 0 Å². The van der Waals surface area contributed by atoms with E-state index in [-0.39, 0.29) is 5.82 Å². The van der Waals surface area contributed by atoms with E-state index in [1.807, 2.05) is 6.92 Å². The fourth-order valence-corrected chi connectivity index (χ4v) is 2.40. The summed E-state index contributed by atoms with van der Waals surface area (Å²) in [5, 5.41) is 0. The van der Waals surface area contributed by atoms with Crippen molar-refractivity contribution < 1.29 is 4.39 Å². The Balaban J connectivity index is 3.29. The van der Waals surface area contributed by atoms with E-state index in [9.17, 15) is 4.39 Å². The predicted octanol–water partition coefficient (Wildman–Crippen LogP) is 3.91. The van der Waals surface area contributed by atoms with Crippen molar-refractivity contribution in [1.82, 2.24) is 0 Å². The maximum atomic E-state index is 12.9. The molecule has 0 spiro atoms. The summed E-state index contributed by atoms with van der Waals surface area (Å²) in [6.07, 6.45) is 0.818. The van der Waals surface area contributed by atoms with Gasteiger partial charge in [-0.15, -0.1) is 0 Å². The second-order valence-electron chi connectivity index (χ2n) is 2.18. The van der Waals surface area contributed by atoms with Crippen LogP contribution in [-0.4, -0.2) is 0 Å². The first-order chi connectivity index (χ1) is 5.16. The molecule has 0 amide bonds. The highest BCUT2D eigenvalue weighted by atomic mass is 79.9. The molecule has 0 aromatic heterocycles. The first kappa shape index (κ1) is 9.20. The van der Waals surface area contributed by atoms with Gasteiger partial charge in [-0.25, -0.2) is 4.39 Å². The summed E-state index contributed by atoms with van der Waals surface area (Å²) < 4.78 is 14.4. The quantitative estimate of drug-likeness (QED) is 0.685. The molecule has 0 unspecified atom stereocenters. The van der Waals surface area contributed by atoms with Gasteiger partial charge in [0.1, 0.15) is 5.82 Å². The summed E-state index contributed by atoms with van der Waals surface area (Å²) in [5.74, 6) is -0.204. The first-order valence-corrected chi connectivity index (χ1v) is 4.87. The Kier molecular flexibility index (Phi) is 3.07. The number of rotatable bonds is 1. The van der Waals surface area contributed by atoms with Crippen LogP contribution in [0.3, 0.4) is 0 Å². The Morgan fingerprint density at radius 3 is 2.45 bits per heavy atom. The van der Waals surface area contributed by atoms with Gasteiger partial charge >= 0.3 is 0 Å². The molecule has 0 aliphatic carbocycles. The van der Waals surface area contributed by atoms with Crippen LogP contribution in [0.1, 0.15) is 12.5 Å². The summed E-state index contributed by atoms with van der Waals surface area (Å²) in [4.78, 5) is 0. The third-order valence-corrected chi connectivity index (χ3v) is 3.09. The molecular weight excluding hydrogens is 275 g/mol. The molecule has 0 N–H and O–H groups in total. The third kappa shape index (κ3) is 1.82. The van der Waals surface area contributed by atoms with Crippen molar-refractivity contribution in [2.45, 2.75) is 13.3 Å². The molecule has 60 valence electrons. The summed E-state index contributed by atoms with van der Waals surface area (Å²) in [6.45, 7) is 1.99. The van der Waals surface area contributed by atoms with E-state index in [0.717, 1.165) is 16.5 Å². The van der Waals surface area contributed by atoms with Crippen molar-refractivity contribution in [2.24, 2.45) is 0 Å².